The van der Waals surface area contributed by atoms with Crippen molar-refractivity contribution in [2.45, 2.75) is 221 Å². The Morgan fingerprint density at radius 3 is 0.912 bits per heavy atom. The Hall–Kier alpha value is -11.3. The second-order valence-corrected chi connectivity index (χ2v) is 30.2. The Morgan fingerprint density at radius 2 is 0.656 bits per heavy atom. The van der Waals surface area contributed by atoms with Crippen LogP contribution < -0.4 is 5.59 Å². The van der Waals surface area contributed by atoms with Gasteiger partial charge in [0.15, 0.2) is 40.2 Å². The smallest absolute Gasteiger partial charge is 0.379 e. The Balaban J connectivity index is 0.000000362. The van der Waals surface area contributed by atoms with Crippen LogP contribution in [0.5, 0.6) is 0 Å². The molecule has 5 N–H and O–H groups in total. The van der Waals surface area contributed by atoms with Crippen molar-refractivity contribution in [1.82, 2.24) is 28.9 Å². The van der Waals surface area contributed by atoms with E-state index in [1.807, 2.05) is 48.5 Å². The fraction of sp³-hybridized carbons (Fsp3) is 0.452. The number of carbonyl (C=O) groups excluding carboxylic acids is 11. The maximum atomic E-state index is 12.7. The third-order valence-corrected chi connectivity index (χ3v) is 20.8. The maximum Gasteiger partial charge on any atom is 0.379 e. The topological polar surface area (TPSA) is 398 Å². The number of ether oxygens (including phenoxy) is 3. The third kappa shape index (κ3) is 30.8. The van der Waals surface area contributed by atoms with Crippen molar-refractivity contribution in [3.8, 4) is 0 Å². The van der Waals surface area contributed by atoms with E-state index in [0.29, 0.717) is 45.6 Å². The van der Waals surface area contributed by atoms with E-state index in [1.54, 1.807) is 81.4 Å². The average molecular weight is 1770 g/mol. The minimum absolute atomic E-state index is 0.0113. The fourth-order valence-corrected chi connectivity index (χ4v) is 14.2. The van der Waals surface area contributed by atoms with E-state index in [2.05, 4.69) is 125 Å². The summed E-state index contributed by atoms with van der Waals surface area (Å²) >= 11 is 9.13. The van der Waals surface area contributed by atoms with Crippen LogP contribution in [0.2, 0.25) is 0 Å². The van der Waals surface area contributed by atoms with Gasteiger partial charge >= 0.3 is 29.8 Å². The first kappa shape index (κ1) is 106. The van der Waals surface area contributed by atoms with E-state index in [-0.39, 0.29) is 69.7 Å². The largest absolute Gasteiger partial charge is 0.461 e. The lowest BCUT2D eigenvalue weighted by Crippen LogP contribution is -2.21. The first-order valence-corrected chi connectivity index (χ1v) is 43.1. The quantitative estimate of drug-likeness (QED) is 0.00228. The zero-order chi connectivity index (χ0) is 93.3. The zero-order valence-corrected chi connectivity index (χ0v) is 76.6. The van der Waals surface area contributed by atoms with Crippen LogP contribution in [0.15, 0.2) is 130 Å². The highest BCUT2D eigenvalue weighted by Gasteiger charge is 2.27. The molecule has 0 bridgehead atoms. The monoisotopic (exact) mass is 1770 g/mol. The normalized spacial score (nSPS) is 12.3. The Morgan fingerprint density at radius 1 is 0.392 bits per heavy atom. The van der Waals surface area contributed by atoms with Crippen LogP contribution in [0, 0.1) is 17.8 Å². The van der Waals surface area contributed by atoms with Crippen molar-refractivity contribution in [3.63, 3.8) is 0 Å². The maximum absolute atomic E-state index is 12.7. The number of aromatic nitrogens is 3. The average Bonchev–Trinajstić information content (AvgIpc) is 1.61. The van der Waals surface area contributed by atoms with Gasteiger partial charge in [0.25, 0.3) is 5.78 Å². The van der Waals surface area contributed by atoms with Gasteiger partial charge in [-0.3, -0.25) is 39.2 Å². The van der Waals surface area contributed by atoms with Gasteiger partial charge < -0.3 is 52.9 Å². The van der Waals surface area contributed by atoms with Crippen LogP contribution in [0.1, 0.15) is 245 Å². The van der Waals surface area contributed by atoms with Gasteiger partial charge in [-0.2, -0.15) is 0 Å². The predicted octanol–water partition coefficient (Wildman–Crippen LogP) is 18.6. The Kier molecular flexibility index (Phi) is 46.2. The minimum atomic E-state index is -0.890. The molecule has 3 heterocycles. The number of rotatable bonds is 39. The minimum Gasteiger partial charge on any atom is -0.461 e. The van der Waals surface area contributed by atoms with E-state index >= 15 is 0 Å². The summed E-state index contributed by atoms with van der Waals surface area (Å²) in [5.41, 5.74) is 8.84. The van der Waals surface area contributed by atoms with Crippen LogP contribution in [-0.2, 0) is 86.7 Å². The molecule has 3 atom stereocenters. The number of hydrogen-bond donors (Lipinski definition) is 5. The number of hydrazine groups is 1. The molecule has 0 spiro atoms. The summed E-state index contributed by atoms with van der Waals surface area (Å²) in [5.74, 6) is -4.69. The Bertz CT molecular complexity index is 5340. The summed E-state index contributed by atoms with van der Waals surface area (Å²) < 4.78 is 21.7. The summed E-state index contributed by atoms with van der Waals surface area (Å²) in [6.45, 7) is 38.7. The molecule has 6 aromatic carbocycles. The molecule has 3 aromatic heterocycles. The van der Waals surface area contributed by atoms with Gasteiger partial charge in [-0.25, -0.2) is 24.0 Å². The molecule has 678 valence electrons. The highest BCUT2D eigenvalue weighted by atomic mass is 35.5. The van der Waals surface area contributed by atoms with Gasteiger partial charge in [0.1, 0.15) is 0 Å². The number of nitrogens with zero attached hydrogens (tertiary/aromatic N) is 9. The van der Waals surface area contributed by atoms with Crippen LogP contribution in [-0.4, -0.2) is 170 Å². The number of Topliss-reactive ketones (excluding diaryl/α,β-unsaturated/α-hetero) is 5. The van der Waals surface area contributed by atoms with Crippen LogP contribution in [0.4, 0.5) is 0 Å². The summed E-state index contributed by atoms with van der Waals surface area (Å²) in [7, 11) is 0. The number of ketones is 5. The zero-order valence-electron chi connectivity index (χ0n) is 75.1. The standard InChI is InChI=1S/C31H37N3O7.C27H33N3O5.C27H31NO5.C6H15N.C2H3ClO.ClH3N2O2/c1-7-10-11-22(8-2)18-34-27-14-12-23(29(19(4)35)32-40-20(5)36)16-25(27)26-17-24(13-15-28(26)34)30(31(38)39-9-3)33-41-21(6)37;1-5-8-9-18(6-2)16-30-23-12-10-19(25(28-33)17(4)31)14-21(23)22-15-20(11-13-24(22)30)26(29-34)27(32)35-7-3;1-5-8-9-18(6-2)16-28-23-12-10-19(25(30)17(4)29)14-21(23)22-15-20(11-13-24(22)28)26(31)27(32)33-7-3;1-4-7(5-2)6-3;1-2(3)4;1-3(5)2-4/h12-17,22H,7-11,18H2,1-6H3;10-15,18,33-34H,5-9,16H2,1-4H3;10-15,18H,5-9,16H2,1-4H3;4-6H2,1-3H3;1H3;2,4-5H/b32-29+,33-30-;28-25+,29-26-;;;;. The number of unbranched alkanes of at least 4 members (excludes halogenated alkanes) is 3. The summed E-state index contributed by atoms with van der Waals surface area (Å²) in [6.07, 6.45) is 13.3. The van der Waals surface area contributed by atoms with Crippen molar-refractivity contribution < 1.29 is 97.5 Å². The number of carbonyl (C=O) groups is 11. The predicted molar refractivity (Wildman–Crippen MR) is 487 cm³/mol. The molecule has 30 nitrogen and oxygen atoms in total. The fourth-order valence-electron chi connectivity index (χ4n) is 14.2. The van der Waals surface area contributed by atoms with Gasteiger partial charge in [-0.15, -0.1) is 0 Å². The SMILES string of the molecule is CC(=O)Cl.CCCCC(CC)Cn1c2ccc(/C(=N/O)C(C)=O)cc2c2cc(/C(=N/O)C(=O)OCC)ccc21.CCCCC(CC)Cn1c2ccc(/C(=N/OC(C)=O)C(C)=O)cc2c2cc(/C(=N/OC(C)=O)C(=O)OCC)ccc21.CCCCC(CC)Cn1c2ccc(C(=O)C(C)=O)cc2c2cc(C(=O)C(=O)OCC)ccc21.CCN(CC)CC.ONN(O)Cl. The van der Waals surface area contributed by atoms with Gasteiger partial charge in [0, 0.05) is 172 Å². The number of halogens is 2. The summed E-state index contributed by atoms with van der Waals surface area (Å²) in [4.78, 5) is 142. The molecule has 9 aromatic rings. The van der Waals surface area contributed by atoms with Crippen LogP contribution in [0.25, 0.3) is 65.4 Å². The van der Waals surface area contributed by atoms with Gasteiger partial charge in [-0.1, -0.05) is 171 Å². The van der Waals surface area contributed by atoms with E-state index in [9.17, 15) is 63.2 Å². The molecule has 0 saturated carbocycles. The molecular formula is C93H122Cl2N10O20. The number of fused-ring (bicyclic) bond motifs is 9. The molecule has 125 heavy (non-hydrogen) atoms. The molecule has 32 heteroatoms. The Labute approximate surface area is 739 Å². The molecule has 0 fully saturated rings. The second kappa shape index (κ2) is 54.5. The lowest BCUT2D eigenvalue weighted by molar-refractivity contribution is -0.142. The molecule has 0 aliphatic heterocycles. The molecule has 0 amide bonds. The lowest BCUT2D eigenvalue weighted by atomic mass is 9.99. The first-order valence-electron chi connectivity index (χ1n) is 42.4. The van der Waals surface area contributed by atoms with E-state index in [0.717, 1.165) is 162 Å². The molecule has 0 saturated heterocycles. The second-order valence-electron chi connectivity index (χ2n) is 29.4. The van der Waals surface area contributed by atoms with Crippen molar-refractivity contribution in [2.24, 2.45) is 38.4 Å². The first-order chi connectivity index (χ1) is 59.7. The van der Waals surface area contributed by atoms with Crippen molar-refractivity contribution in [2.75, 3.05) is 39.5 Å². The van der Waals surface area contributed by atoms with E-state index in [1.165, 1.54) is 66.8 Å². The highest BCUT2D eigenvalue weighted by molar-refractivity contribution is 6.62. The van der Waals surface area contributed by atoms with Crippen LogP contribution >= 0.6 is 23.4 Å². The molecule has 0 radical (unpaired) electrons. The van der Waals surface area contributed by atoms with Crippen molar-refractivity contribution >= 4 is 176 Å². The summed E-state index contributed by atoms with van der Waals surface area (Å²) in [5, 5.41) is 52.4. The molecule has 3 unspecified atom stereocenters. The number of nitrogens with one attached hydrogen (secondary N) is 1. The molecule has 9 rings (SSSR count). The lowest BCUT2D eigenvalue weighted by Gasteiger charge is -2.17. The number of hydrogen-bond acceptors (Lipinski definition) is 27. The van der Waals surface area contributed by atoms with Crippen molar-refractivity contribution in [3.05, 3.63) is 143 Å². The third-order valence-electron chi connectivity index (χ3n) is 20.7. The van der Waals surface area contributed by atoms with Gasteiger partial charge in [0.05, 0.1) is 19.8 Å². The van der Waals surface area contributed by atoms with Crippen molar-refractivity contribution in [1.29, 1.82) is 0 Å². The molecule has 0 aliphatic carbocycles. The molecular weight excluding hydrogens is 1650 g/mol. The number of esters is 3. The van der Waals surface area contributed by atoms with Gasteiger partial charge in [-0.05, 0) is 179 Å². The molecule has 0 aliphatic rings. The number of oxime groups is 4. The highest BCUT2D eigenvalue weighted by Crippen LogP contribution is 2.37. The van der Waals surface area contributed by atoms with Gasteiger partial charge in [0.2, 0.25) is 11.0 Å². The van der Waals surface area contributed by atoms with E-state index < -0.39 is 47.2 Å². The van der Waals surface area contributed by atoms with E-state index in [4.69, 9.17) is 34.3 Å². The van der Waals surface area contributed by atoms with Crippen LogP contribution in [0.3, 0.4) is 0 Å². The number of benzene rings is 6. The summed E-state index contributed by atoms with van der Waals surface area (Å²) in [6, 6.07) is 32.4.